The predicted molar refractivity (Wildman–Crippen MR) is 106 cm³/mol. The van der Waals surface area contributed by atoms with Gasteiger partial charge in [-0.1, -0.05) is 19.1 Å². The Bertz CT molecular complexity index is 842. The standard InChI is InChI=1S/C21H26N4O2/c1-4-24-10-12-25(13-11-24)21(27)19-14-17(8-9-22-19)20(26)23-18-7-5-6-15(2)16(18)3/h5-9,14H,4,10-13H2,1-3H3,(H,23,26). The van der Waals surface area contributed by atoms with Gasteiger partial charge in [0.25, 0.3) is 11.8 Å². The lowest BCUT2D eigenvalue weighted by Gasteiger charge is -2.33. The number of aromatic nitrogens is 1. The molecule has 2 heterocycles. The third kappa shape index (κ3) is 4.34. The molecule has 1 aliphatic heterocycles. The number of nitrogens with zero attached hydrogens (tertiary/aromatic N) is 3. The van der Waals surface area contributed by atoms with Crippen LogP contribution < -0.4 is 5.32 Å². The Morgan fingerprint density at radius 1 is 1.11 bits per heavy atom. The Morgan fingerprint density at radius 2 is 1.85 bits per heavy atom. The zero-order valence-electron chi connectivity index (χ0n) is 16.2. The van der Waals surface area contributed by atoms with Crippen molar-refractivity contribution < 1.29 is 9.59 Å². The van der Waals surface area contributed by atoms with Crippen LogP contribution in [0.4, 0.5) is 5.69 Å². The highest BCUT2D eigenvalue weighted by Gasteiger charge is 2.23. The number of likely N-dealkylation sites (N-methyl/N-ethyl adjacent to an activating group) is 1. The molecule has 2 amide bonds. The second-order valence-electron chi connectivity index (χ2n) is 6.86. The molecular formula is C21H26N4O2. The molecule has 0 saturated carbocycles. The van der Waals surface area contributed by atoms with Gasteiger partial charge < -0.3 is 15.1 Å². The quantitative estimate of drug-likeness (QED) is 0.904. The maximum atomic E-state index is 12.7. The van der Waals surface area contributed by atoms with Gasteiger partial charge in [0.15, 0.2) is 0 Å². The van der Waals surface area contributed by atoms with E-state index in [-0.39, 0.29) is 11.8 Å². The van der Waals surface area contributed by atoms with Crippen LogP contribution in [0.3, 0.4) is 0 Å². The van der Waals surface area contributed by atoms with Crippen LogP contribution in [0, 0.1) is 13.8 Å². The Labute approximate surface area is 160 Å². The number of carbonyl (C=O) groups excluding carboxylic acids is 2. The fraction of sp³-hybridized carbons (Fsp3) is 0.381. The lowest BCUT2D eigenvalue weighted by atomic mass is 10.1. The normalized spacial score (nSPS) is 14.9. The van der Waals surface area contributed by atoms with Crippen molar-refractivity contribution >= 4 is 17.5 Å². The van der Waals surface area contributed by atoms with Crippen molar-refractivity contribution in [3.63, 3.8) is 0 Å². The van der Waals surface area contributed by atoms with E-state index in [1.807, 2.05) is 32.0 Å². The summed E-state index contributed by atoms with van der Waals surface area (Å²) < 4.78 is 0. The third-order valence-corrected chi connectivity index (χ3v) is 5.20. The molecule has 1 fully saturated rings. The van der Waals surface area contributed by atoms with Gasteiger partial charge in [-0.2, -0.15) is 0 Å². The van der Waals surface area contributed by atoms with Crippen molar-refractivity contribution in [2.45, 2.75) is 20.8 Å². The molecule has 6 nitrogen and oxygen atoms in total. The Morgan fingerprint density at radius 3 is 2.56 bits per heavy atom. The van der Waals surface area contributed by atoms with Crippen molar-refractivity contribution in [2.24, 2.45) is 0 Å². The van der Waals surface area contributed by atoms with Crippen molar-refractivity contribution in [3.8, 4) is 0 Å². The molecule has 3 rings (SSSR count). The molecule has 6 heteroatoms. The maximum Gasteiger partial charge on any atom is 0.272 e. The van der Waals surface area contributed by atoms with Crippen LogP contribution in [0.2, 0.25) is 0 Å². The highest BCUT2D eigenvalue weighted by Crippen LogP contribution is 2.19. The van der Waals surface area contributed by atoms with Crippen molar-refractivity contribution in [1.29, 1.82) is 0 Å². The number of amides is 2. The van der Waals surface area contributed by atoms with Crippen LogP contribution in [0.25, 0.3) is 0 Å². The average Bonchev–Trinajstić information content (AvgIpc) is 2.71. The van der Waals surface area contributed by atoms with Crippen LogP contribution >= 0.6 is 0 Å². The van der Waals surface area contributed by atoms with Crippen LogP contribution in [-0.4, -0.2) is 59.3 Å². The van der Waals surface area contributed by atoms with E-state index < -0.39 is 0 Å². The fourth-order valence-corrected chi connectivity index (χ4v) is 3.20. The van der Waals surface area contributed by atoms with E-state index in [2.05, 4.69) is 22.1 Å². The molecule has 0 unspecified atom stereocenters. The lowest BCUT2D eigenvalue weighted by molar-refractivity contribution is 0.0637. The number of carbonyl (C=O) groups is 2. The van der Waals surface area contributed by atoms with Gasteiger partial charge in [-0.05, 0) is 49.7 Å². The number of pyridine rings is 1. The summed E-state index contributed by atoms with van der Waals surface area (Å²) in [6.07, 6.45) is 1.52. The van der Waals surface area contributed by atoms with Gasteiger partial charge in [0, 0.05) is 43.6 Å². The molecule has 1 aromatic carbocycles. The summed E-state index contributed by atoms with van der Waals surface area (Å²) in [4.78, 5) is 33.7. The monoisotopic (exact) mass is 366 g/mol. The second-order valence-corrected chi connectivity index (χ2v) is 6.86. The average molecular weight is 366 g/mol. The van der Waals surface area contributed by atoms with Crippen molar-refractivity contribution in [3.05, 3.63) is 58.9 Å². The number of benzene rings is 1. The second kappa shape index (κ2) is 8.31. The van der Waals surface area contributed by atoms with Crippen molar-refractivity contribution in [1.82, 2.24) is 14.8 Å². The molecular weight excluding hydrogens is 340 g/mol. The minimum Gasteiger partial charge on any atom is -0.335 e. The SMILES string of the molecule is CCN1CCN(C(=O)c2cc(C(=O)Nc3cccc(C)c3C)ccn2)CC1. The maximum absolute atomic E-state index is 12.7. The number of nitrogens with one attached hydrogen (secondary N) is 1. The van der Waals surface area contributed by atoms with E-state index in [1.165, 1.54) is 6.20 Å². The zero-order chi connectivity index (χ0) is 19.4. The van der Waals surface area contributed by atoms with Crippen molar-refractivity contribution in [2.75, 3.05) is 38.0 Å². The fourth-order valence-electron chi connectivity index (χ4n) is 3.20. The molecule has 0 bridgehead atoms. The Hall–Kier alpha value is -2.73. The summed E-state index contributed by atoms with van der Waals surface area (Å²) in [5, 5.41) is 2.93. The third-order valence-electron chi connectivity index (χ3n) is 5.20. The Kier molecular flexibility index (Phi) is 5.86. The summed E-state index contributed by atoms with van der Waals surface area (Å²) in [6.45, 7) is 10.2. The molecule has 0 radical (unpaired) electrons. The first kappa shape index (κ1) is 19.0. The number of rotatable bonds is 4. The molecule has 142 valence electrons. The van der Waals surface area contributed by atoms with Crippen LogP contribution in [0.15, 0.2) is 36.5 Å². The minimum absolute atomic E-state index is 0.118. The molecule has 1 aromatic heterocycles. The number of hydrogen-bond donors (Lipinski definition) is 1. The smallest absolute Gasteiger partial charge is 0.272 e. The van der Waals surface area contributed by atoms with E-state index in [0.29, 0.717) is 24.3 Å². The van der Waals surface area contributed by atoms with Gasteiger partial charge in [-0.3, -0.25) is 14.6 Å². The van der Waals surface area contributed by atoms with E-state index in [9.17, 15) is 9.59 Å². The van der Waals surface area contributed by atoms with Gasteiger partial charge >= 0.3 is 0 Å². The Balaban J connectivity index is 1.72. The first-order valence-electron chi connectivity index (χ1n) is 9.35. The lowest BCUT2D eigenvalue weighted by Crippen LogP contribution is -2.48. The van der Waals surface area contributed by atoms with Crippen LogP contribution in [-0.2, 0) is 0 Å². The highest BCUT2D eigenvalue weighted by atomic mass is 16.2. The van der Waals surface area contributed by atoms with Gasteiger partial charge in [0.1, 0.15) is 5.69 Å². The van der Waals surface area contributed by atoms with Gasteiger partial charge in [-0.15, -0.1) is 0 Å². The molecule has 27 heavy (non-hydrogen) atoms. The first-order chi connectivity index (χ1) is 13.0. The van der Waals surface area contributed by atoms with E-state index in [0.717, 1.165) is 36.4 Å². The number of hydrogen-bond acceptors (Lipinski definition) is 4. The summed E-state index contributed by atoms with van der Waals surface area (Å²) in [7, 11) is 0. The van der Waals surface area contributed by atoms with Gasteiger partial charge in [0.05, 0.1) is 0 Å². The number of piperazine rings is 1. The van der Waals surface area contributed by atoms with Crippen LogP contribution in [0.1, 0.15) is 38.9 Å². The molecule has 0 spiro atoms. The highest BCUT2D eigenvalue weighted by molar-refractivity contribution is 6.06. The van der Waals surface area contributed by atoms with E-state index >= 15 is 0 Å². The topological polar surface area (TPSA) is 65.5 Å². The number of anilines is 1. The molecule has 1 N–H and O–H groups in total. The summed E-state index contributed by atoms with van der Waals surface area (Å²) in [6, 6.07) is 9.00. The number of aryl methyl sites for hydroxylation is 1. The molecule has 0 atom stereocenters. The summed E-state index contributed by atoms with van der Waals surface area (Å²) >= 11 is 0. The predicted octanol–water partition coefficient (Wildman–Crippen LogP) is 2.73. The summed E-state index contributed by atoms with van der Waals surface area (Å²) in [5.41, 5.74) is 3.67. The summed E-state index contributed by atoms with van der Waals surface area (Å²) in [5.74, 6) is -0.358. The van der Waals surface area contributed by atoms with Gasteiger partial charge in [-0.25, -0.2) is 0 Å². The molecule has 1 aliphatic rings. The largest absolute Gasteiger partial charge is 0.335 e. The van der Waals surface area contributed by atoms with Crippen LogP contribution in [0.5, 0.6) is 0 Å². The minimum atomic E-state index is -0.240. The zero-order valence-corrected chi connectivity index (χ0v) is 16.2. The molecule has 1 saturated heterocycles. The van der Waals surface area contributed by atoms with E-state index in [4.69, 9.17) is 0 Å². The van der Waals surface area contributed by atoms with Gasteiger partial charge in [0.2, 0.25) is 0 Å². The molecule has 0 aliphatic carbocycles. The first-order valence-corrected chi connectivity index (χ1v) is 9.35. The molecule has 2 aromatic rings. The van der Waals surface area contributed by atoms with E-state index in [1.54, 1.807) is 17.0 Å².